The van der Waals surface area contributed by atoms with Crippen molar-refractivity contribution in [1.82, 2.24) is 5.32 Å². The molecule has 0 unspecified atom stereocenters. The van der Waals surface area contributed by atoms with Crippen molar-refractivity contribution in [3.05, 3.63) is 115 Å². The molecule has 1 aliphatic heterocycles. The van der Waals surface area contributed by atoms with E-state index in [1.165, 1.54) is 12.1 Å². The quantitative estimate of drug-likeness (QED) is 0.235. The maximum atomic E-state index is 13.6. The number of ether oxygens (including phenoxy) is 2. The molecule has 2 aliphatic rings. The van der Waals surface area contributed by atoms with E-state index in [0.717, 1.165) is 16.1 Å². The number of non-ortho nitro benzene ring substituents is 1. The summed E-state index contributed by atoms with van der Waals surface area (Å²) in [4.78, 5) is 39.4. The highest BCUT2D eigenvalue weighted by Gasteiger charge is 2.42. The number of nitrogens with zero attached hydrogens (tertiary/aromatic N) is 1. The zero-order valence-corrected chi connectivity index (χ0v) is 21.7. The summed E-state index contributed by atoms with van der Waals surface area (Å²) in [6, 6.07) is 17.3. The Kier molecular flexibility index (Phi) is 7.11. The highest BCUT2D eigenvalue weighted by molar-refractivity contribution is 7.10. The fourth-order valence-corrected chi connectivity index (χ4v) is 5.96. The number of esters is 1. The normalized spacial score (nSPS) is 19.1. The number of nitrogens with one attached hydrogen (secondary N) is 1. The van der Waals surface area contributed by atoms with Gasteiger partial charge in [0.2, 0.25) is 0 Å². The minimum absolute atomic E-state index is 0.0293. The molecule has 0 spiro atoms. The van der Waals surface area contributed by atoms with E-state index in [9.17, 15) is 19.7 Å². The molecule has 2 heterocycles. The van der Waals surface area contributed by atoms with E-state index in [1.54, 1.807) is 61.8 Å². The fourth-order valence-electron chi connectivity index (χ4n) is 5.13. The second-order valence-electron chi connectivity index (χ2n) is 9.31. The van der Waals surface area contributed by atoms with E-state index >= 15 is 0 Å². The first-order chi connectivity index (χ1) is 18.4. The molecule has 3 aromatic rings. The van der Waals surface area contributed by atoms with Crippen molar-refractivity contribution < 1.29 is 24.0 Å². The summed E-state index contributed by atoms with van der Waals surface area (Å²) in [5.41, 5.74) is 3.25. The number of hydrogen-bond donors (Lipinski definition) is 1. The van der Waals surface area contributed by atoms with Gasteiger partial charge >= 0.3 is 5.97 Å². The molecule has 0 radical (unpaired) electrons. The molecule has 1 N–H and O–H groups in total. The lowest BCUT2D eigenvalue weighted by atomic mass is 9.72. The van der Waals surface area contributed by atoms with Gasteiger partial charge in [0.15, 0.2) is 5.78 Å². The van der Waals surface area contributed by atoms with Gasteiger partial charge in [-0.15, -0.1) is 11.3 Å². The second-order valence-corrected chi connectivity index (χ2v) is 10.3. The van der Waals surface area contributed by atoms with E-state index in [4.69, 9.17) is 9.47 Å². The molecule has 1 aromatic heterocycles. The molecule has 5 rings (SSSR count). The van der Waals surface area contributed by atoms with Crippen LogP contribution in [-0.4, -0.2) is 23.8 Å². The summed E-state index contributed by atoms with van der Waals surface area (Å²) in [5.74, 6) is -0.706. The molecule has 0 saturated heterocycles. The van der Waals surface area contributed by atoms with Crippen molar-refractivity contribution in [2.75, 3.05) is 7.11 Å². The minimum Gasteiger partial charge on any atom is -0.497 e. The van der Waals surface area contributed by atoms with Gasteiger partial charge in [0, 0.05) is 52.2 Å². The Morgan fingerprint density at radius 3 is 2.61 bits per heavy atom. The Labute approximate surface area is 223 Å². The molecule has 8 nitrogen and oxygen atoms in total. The number of ketones is 1. The molecule has 0 amide bonds. The number of nitro groups is 1. The second kappa shape index (κ2) is 10.6. The lowest BCUT2D eigenvalue weighted by Crippen LogP contribution is -2.36. The molecule has 0 bridgehead atoms. The van der Waals surface area contributed by atoms with Crippen LogP contribution in [0.4, 0.5) is 5.69 Å². The average Bonchev–Trinajstić information content (AvgIpc) is 3.46. The Morgan fingerprint density at radius 2 is 1.92 bits per heavy atom. The number of carbonyl (C=O) groups is 2. The van der Waals surface area contributed by atoms with Crippen LogP contribution in [0.5, 0.6) is 5.75 Å². The van der Waals surface area contributed by atoms with Crippen LogP contribution < -0.4 is 10.1 Å². The first-order valence-corrected chi connectivity index (χ1v) is 13.1. The van der Waals surface area contributed by atoms with Crippen molar-refractivity contribution in [3.63, 3.8) is 0 Å². The first-order valence-electron chi connectivity index (χ1n) is 12.2. The van der Waals surface area contributed by atoms with Gasteiger partial charge in [-0.25, -0.2) is 4.79 Å². The molecule has 0 saturated carbocycles. The van der Waals surface area contributed by atoms with Crippen LogP contribution in [0.15, 0.2) is 88.6 Å². The largest absolute Gasteiger partial charge is 0.497 e. The molecule has 38 heavy (non-hydrogen) atoms. The van der Waals surface area contributed by atoms with E-state index in [2.05, 4.69) is 5.32 Å². The highest BCUT2D eigenvalue weighted by Crippen LogP contribution is 2.46. The van der Waals surface area contributed by atoms with Gasteiger partial charge in [0.1, 0.15) is 12.4 Å². The predicted molar refractivity (Wildman–Crippen MR) is 143 cm³/mol. The summed E-state index contributed by atoms with van der Waals surface area (Å²) < 4.78 is 10.9. The topological polar surface area (TPSA) is 108 Å². The summed E-state index contributed by atoms with van der Waals surface area (Å²) in [7, 11) is 1.58. The third-order valence-electron chi connectivity index (χ3n) is 6.94. The maximum Gasteiger partial charge on any atom is 0.337 e. The smallest absolute Gasteiger partial charge is 0.337 e. The Bertz CT molecular complexity index is 1460. The number of Topliss-reactive ketones (excluding diaryl/α,β-unsaturated/α-hetero) is 1. The summed E-state index contributed by atoms with van der Waals surface area (Å²) in [5, 5.41) is 16.9. The number of carbonyl (C=O) groups excluding carboxylic acids is 2. The number of thiophene rings is 1. The van der Waals surface area contributed by atoms with Crippen LogP contribution in [0.3, 0.4) is 0 Å². The molecule has 9 heteroatoms. The monoisotopic (exact) mass is 530 g/mol. The first kappa shape index (κ1) is 25.4. The van der Waals surface area contributed by atoms with Crippen LogP contribution in [0.2, 0.25) is 0 Å². The van der Waals surface area contributed by atoms with Crippen LogP contribution >= 0.6 is 11.3 Å². The molecular formula is C29H26N2O6S. The van der Waals surface area contributed by atoms with Crippen molar-refractivity contribution in [2.24, 2.45) is 0 Å². The van der Waals surface area contributed by atoms with Crippen LogP contribution in [0.25, 0.3) is 0 Å². The molecule has 194 valence electrons. The summed E-state index contributed by atoms with van der Waals surface area (Å²) >= 11 is 1.61. The Hall–Kier alpha value is -4.24. The van der Waals surface area contributed by atoms with Gasteiger partial charge in [-0.1, -0.05) is 30.3 Å². The molecule has 0 fully saturated rings. The minimum atomic E-state index is -0.772. The molecule has 2 aromatic carbocycles. The third kappa shape index (κ3) is 4.97. The van der Waals surface area contributed by atoms with E-state index in [1.807, 2.05) is 17.5 Å². The zero-order valence-electron chi connectivity index (χ0n) is 20.9. The lowest BCUT2D eigenvalue weighted by Gasteiger charge is -2.36. The van der Waals surface area contributed by atoms with Crippen LogP contribution in [0, 0.1) is 10.1 Å². The molecule has 1 aliphatic carbocycles. The van der Waals surface area contributed by atoms with Gasteiger partial charge in [0.25, 0.3) is 5.69 Å². The van der Waals surface area contributed by atoms with Gasteiger partial charge in [-0.05, 0) is 48.1 Å². The molecular weight excluding hydrogens is 504 g/mol. The van der Waals surface area contributed by atoms with E-state index in [0.29, 0.717) is 35.4 Å². The number of dihydropyridines is 1. The SMILES string of the molecule is COc1ccc(COC(=O)C2=C(C)NC3=C(C(=O)C[C@@H](c4cccs4)C3)[C@@H]2c2cccc([N+](=O)[O-])c2)cc1. The van der Waals surface area contributed by atoms with Crippen molar-refractivity contribution in [2.45, 2.75) is 38.2 Å². The maximum absolute atomic E-state index is 13.6. The van der Waals surface area contributed by atoms with Gasteiger partial charge in [0.05, 0.1) is 17.6 Å². The summed E-state index contributed by atoms with van der Waals surface area (Å²) in [6.07, 6.45) is 0.915. The van der Waals surface area contributed by atoms with Crippen molar-refractivity contribution in [1.29, 1.82) is 0 Å². The van der Waals surface area contributed by atoms with E-state index < -0.39 is 16.8 Å². The van der Waals surface area contributed by atoms with Crippen LogP contribution in [0.1, 0.15) is 47.6 Å². The number of hydrogen-bond acceptors (Lipinski definition) is 8. The molecule has 2 atom stereocenters. The lowest BCUT2D eigenvalue weighted by molar-refractivity contribution is -0.384. The Balaban J connectivity index is 1.51. The van der Waals surface area contributed by atoms with Gasteiger partial charge < -0.3 is 14.8 Å². The van der Waals surface area contributed by atoms with Crippen molar-refractivity contribution in [3.8, 4) is 5.75 Å². The number of allylic oxidation sites excluding steroid dienone is 3. The third-order valence-corrected chi connectivity index (χ3v) is 7.97. The number of nitro benzene ring substituents is 1. The highest BCUT2D eigenvalue weighted by atomic mass is 32.1. The average molecular weight is 531 g/mol. The fraction of sp³-hybridized carbons (Fsp3) is 0.241. The predicted octanol–water partition coefficient (Wildman–Crippen LogP) is 5.77. The summed E-state index contributed by atoms with van der Waals surface area (Å²) in [6.45, 7) is 1.80. The van der Waals surface area contributed by atoms with Crippen molar-refractivity contribution >= 4 is 28.8 Å². The van der Waals surface area contributed by atoms with Gasteiger partial charge in [-0.2, -0.15) is 0 Å². The number of benzene rings is 2. The number of rotatable bonds is 7. The Morgan fingerprint density at radius 1 is 1.13 bits per heavy atom. The number of methoxy groups -OCH3 is 1. The van der Waals surface area contributed by atoms with Crippen LogP contribution in [-0.2, 0) is 20.9 Å². The van der Waals surface area contributed by atoms with E-state index in [-0.39, 0.29) is 29.6 Å². The zero-order chi connectivity index (χ0) is 26.8. The standard InChI is InChI=1S/C29H26N2O6S/c1-17-26(29(33)37-16-18-8-10-22(36-2)11-9-18)27(19-5-3-6-21(13-19)31(34)35)28-23(30-17)14-20(15-24(28)32)25-7-4-12-38-25/h3-13,20,27,30H,14-16H2,1-2H3/t20-,27+/m0/s1. The van der Waals surface area contributed by atoms with Gasteiger partial charge in [-0.3, -0.25) is 14.9 Å².